The molecule has 4 atom stereocenters. The van der Waals surface area contributed by atoms with E-state index in [4.69, 9.17) is 5.73 Å². The van der Waals surface area contributed by atoms with Gasteiger partial charge in [-0.25, -0.2) is 0 Å². The Balaban J connectivity index is 1.47. The van der Waals surface area contributed by atoms with Gasteiger partial charge in [-0.3, -0.25) is 4.90 Å². The highest BCUT2D eigenvalue weighted by Crippen LogP contribution is 2.49. The molecule has 2 aliphatic carbocycles. The number of nitrogens with zero attached hydrogens (tertiary/aromatic N) is 2. The van der Waals surface area contributed by atoms with Crippen LogP contribution in [0.4, 0.5) is 0 Å². The van der Waals surface area contributed by atoms with Crippen molar-refractivity contribution in [2.75, 3.05) is 39.8 Å². The van der Waals surface area contributed by atoms with E-state index in [-0.39, 0.29) is 0 Å². The van der Waals surface area contributed by atoms with Crippen molar-refractivity contribution in [1.29, 1.82) is 0 Å². The first-order chi connectivity index (χ1) is 9.71. The van der Waals surface area contributed by atoms with Crippen LogP contribution in [-0.4, -0.2) is 55.1 Å². The van der Waals surface area contributed by atoms with Crippen molar-refractivity contribution in [3.63, 3.8) is 0 Å². The largest absolute Gasteiger partial charge is 0.329 e. The van der Waals surface area contributed by atoms with Crippen molar-refractivity contribution in [1.82, 2.24) is 9.80 Å². The molecule has 2 N–H and O–H groups in total. The van der Waals surface area contributed by atoms with Gasteiger partial charge in [0.25, 0.3) is 0 Å². The average molecular weight is 277 g/mol. The Labute approximate surface area is 123 Å². The van der Waals surface area contributed by atoms with Gasteiger partial charge in [0.15, 0.2) is 0 Å². The molecule has 5 aliphatic rings. The minimum Gasteiger partial charge on any atom is -0.329 e. The fourth-order valence-electron chi connectivity index (χ4n) is 6.10. The van der Waals surface area contributed by atoms with Crippen LogP contribution in [0, 0.1) is 23.7 Å². The molecule has 5 rings (SSSR count). The third-order valence-corrected chi connectivity index (χ3v) is 7.35. The van der Waals surface area contributed by atoms with Crippen LogP contribution in [-0.2, 0) is 0 Å². The van der Waals surface area contributed by atoms with E-state index in [0.29, 0.717) is 5.54 Å². The minimum atomic E-state index is 0.290. The molecule has 0 spiro atoms. The first-order valence-electron chi connectivity index (χ1n) is 8.85. The van der Waals surface area contributed by atoms with Crippen LogP contribution in [0.2, 0.25) is 0 Å². The van der Waals surface area contributed by atoms with Gasteiger partial charge in [-0.05, 0) is 75.9 Å². The van der Waals surface area contributed by atoms with Crippen LogP contribution < -0.4 is 5.73 Å². The first kappa shape index (κ1) is 13.5. The van der Waals surface area contributed by atoms with Gasteiger partial charge < -0.3 is 10.6 Å². The Morgan fingerprint density at radius 1 is 1.15 bits per heavy atom. The molecule has 4 unspecified atom stereocenters. The number of hydrogen-bond donors (Lipinski definition) is 1. The normalized spacial score (nSPS) is 50.2. The van der Waals surface area contributed by atoms with Crippen LogP contribution in [0.1, 0.15) is 38.5 Å². The summed E-state index contributed by atoms with van der Waals surface area (Å²) in [6, 6.07) is 0. The van der Waals surface area contributed by atoms with Gasteiger partial charge in [0.2, 0.25) is 0 Å². The molecule has 3 aliphatic heterocycles. The molecule has 0 radical (unpaired) electrons. The SMILES string of the molecule is CN(CC1CC2CCC1C2)C1(CN)CN2CCC1CC2. The van der Waals surface area contributed by atoms with Crippen molar-refractivity contribution < 1.29 is 0 Å². The zero-order valence-electron chi connectivity index (χ0n) is 13.1. The Morgan fingerprint density at radius 2 is 1.95 bits per heavy atom. The molecule has 0 aromatic rings. The van der Waals surface area contributed by atoms with Gasteiger partial charge in [0.1, 0.15) is 0 Å². The van der Waals surface area contributed by atoms with Crippen LogP contribution in [0.15, 0.2) is 0 Å². The number of rotatable bonds is 4. The third-order valence-electron chi connectivity index (χ3n) is 7.35. The predicted octanol–water partition coefficient (Wildman–Crippen LogP) is 1.78. The molecule has 3 nitrogen and oxygen atoms in total. The first-order valence-corrected chi connectivity index (χ1v) is 8.85. The van der Waals surface area contributed by atoms with E-state index in [1.54, 1.807) is 0 Å². The molecule has 0 aromatic heterocycles. The summed E-state index contributed by atoms with van der Waals surface area (Å²) in [4.78, 5) is 5.36. The van der Waals surface area contributed by atoms with Crippen molar-refractivity contribution in [3.8, 4) is 0 Å². The number of nitrogens with two attached hydrogens (primary N) is 1. The van der Waals surface area contributed by atoms with E-state index in [1.165, 1.54) is 64.7 Å². The molecule has 114 valence electrons. The number of hydrogen-bond acceptors (Lipinski definition) is 3. The second-order valence-electron chi connectivity index (χ2n) is 8.17. The van der Waals surface area contributed by atoms with E-state index >= 15 is 0 Å². The molecular weight excluding hydrogens is 246 g/mol. The summed E-state index contributed by atoms with van der Waals surface area (Å²) >= 11 is 0. The smallest absolute Gasteiger partial charge is 0.0484 e. The van der Waals surface area contributed by atoms with Crippen LogP contribution in [0.3, 0.4) is 0 Å². The summed E-state index contributed by atoms with van der Waals surface area (Å²) in [5, 5.41) is 0. The van der Waals surface area contributed by atoms with Crippen molar-refractivity contribution in [2.24, 2.45) is 29.4 Å². The van der Waals surface area contributed by atoms with E-state index in [1.807, 2.05) is 0 Å². The second kappa shape index (κ2) is 4.96. The highest BCUT2D eigenvalue weighted by molar-refractivity contribution is 5.06. The Kier molecular flexibility index (Phi) is 3.36. The quantitative estimate of drug-likeness (QED) is 0.850. The number of piperidine rings is 3. The van der Waals surface area contributed by atoms with E-state index in [0.717, 1.165) is 30.2 Å². The Hall–Kier alpha value is -0.120. The monoisotopic (exact) mass is 277 g/mol. The van der Waals surface area contributed by atoms with Crippen LogP contribution >= 0.6 is 0 Å². The second-order valence-corrected chi connectivity index (χ2v) is 8.17. The van der Waals surface area contributed by atoms with Gasteiger partial charge in [-0.15, -0.1) is 0 Å². The number of fused-ring (bicyclic) bond motifs is 5. The standard InChI is InChI=1S/C17H31N3/c1-19(10-15-9-13-2-3-14(15)8-13)17(11-18)12-20-6-4-16(17)5-7-20/h13-16H,2-12,18H2,1H3. The molecule has 5 fully saturated rings. The summed E-state index contributed by atoms with van der Waals surface area (Å²) in [7, 11) is 2.38. The fraction of sp³-hybridized carbons (Fsp3) is 1.00. The van der Waals surface area contributed by atoms with Crippen molar-refractivity contribution >= 4 is 0 Å². The average Bonchev–Trinajstić information content (AvgIpc) is 3.10. The summed E-state index contributed by atoms with van der Waals surface area (Å²) in [6.45, 7) is 6.02. The van der Waals surface area contributed by atoms with E-state index in [9.17, 15) is 0 Å². The molecule has 3 heterocycles. The Bertz CT molecular complexity index is 363. The molecule has 0 amide bonds. The van der Waals surface area contributed by atoms with Crippen LogP contribution in [0.5, 0.6) is 0 Å². The van der Waals surface area contributed by atoms with Gasteiger partial charge in [0.05, 0.1) is 0 Å². The lowest BCUT2D eigenvalue weighted by Gasteiger charge is -2.57. The molecule has 3 saturated heterocycles. The third kappa shape index (κ3) is 1.97. The zero-order valence-corrected chi connectivity index (χ0v) is 13.1. The zero-order chi connectivity index (χ0) is 13.7. The van der Waals surface area contributed by atoms with E-state index in [2.05, 4.69) is 16.8 Å². The van der Waals surface area contributed by atoms with Crippen molar-refractivity contribution in [3.05, 3.63) is 0 Å². The molecule has 0 aromatic carbocycles. The van der Waals surface area contributed by atoms with Crippen LogP contribution in [0.25, 0.3) is 0 Å². The maximum atomic E-state index is 6.31. The lowest BCUT2D eigenvalue weighted by molar-refractivity contribution is -0.0634. The van der Waals surface area contributed by atoms with Gasteiger partial charge in [-0.2, -0.15) is 0 Å². The summed E-state index contributed by atoms with van der Waals surface area (Å²) in [5.41, 5.74) is 6.60. The molecule has 3 heteroatoms. The summed E-state index contributed by atoms with van der Waals surface area (Å²) in [6.07, 6.45) is 8.81. The lowest BCUT2D eigenvalue weighted by atomic mass is 9.71. The van der Waals surface area contributed by atoms with Crippen molar-refractivity contribution in [2.45, 2.75) is 44.1 Å². The maximum Gasteiger partial charge on any atom is 0.0484 e. The van der Waals surface area contributed by atoms with Gasteiger partial charge in [0, 0.05) is 25.2 Å². The topological polar surface area (TPSA) is 32.5 Å². The summed E-state index contributed by atoms with van der Waals surface area (Å²) in [5.74, 6) is 3.93. The Morgan fingerprint density at radius 3 is 2.45 bits per heavy atom. The molecule has 20 heavy (non-hydrogen) atoms. The van der Waals surface area contributed by atoms with Gasteiger partial charge in [-0.1, -0.05) is 6.42 Å². The predicted molar refractivity (Wildman–Crippen MR) is 82.5 cm³/mol. The maximum absolute atomic E-state index is 6.31. The number of likely N-dealkylation sites (N-methyl/N-ethyl adjacent to an activating group) is 1. The highest BCUT2D eigenvalue weighted by Gasteiger charge is 2.49. The molecule has 2 saturated carbocycles. The molecule has 4 bridgehead atoms. The van der Waals surface area contributed by atoms with E-state index < -0.39 is 0 Å². The molecular formula is C17H31N3. The highest BCUT2D eigenvalue weighted by atomic mass is 15.3. The fourth-order valence-corrected chi connectivity index (χ4v) is 6.10. The van der Waals surface area contributed by atoms with Gasteiger partial charge >= 0.3 is 0 Å². The summed E-state index contributed by atoms with van der Waals surface area (Å²) < 4.78 is 0. The minimum absolute atomic E-state index is 0.290. The lowest BCUT2D eigenvalue weighted by Crippen LogP contribution is -2.69.